The van der Waals surface area contributed by atoms with Crippen molar-refractivity contribution in [1.82, 2.24) is 0 Å². The van der Waals surface area contributed by atoms with Crippen LogP contribution < -0.4 is 9.64 Å². The number of thioether (sulfide) groups is 1. The number of carbonyl (C=O) groups excluding carboxylic acids is 1. The van der Waals surface area contributed by atoms with E-state index in [-0.39, 0.29) is 11.7 Å². The number of phenols is 1. The van der Waals surface area contributed by atoms with Crippen molar-refractivity contribution in [3.8, 4) is 11.5 Å². The van der Waals surface area contributed by atoms with Gasteiger partial charge in [-0.15, -0.1) is 0 Å². The number of rotatable bonds is 5. The molecule has 0 saturated carbocycles. The second-order valence-corrected chi connectivity index (χ2v) is 9.46. The van der Waals surface area contributed by atoms with Crippen LogP contribution in [0.5, 0.6) is 11.5 Å². The van der Waals surface area contributed by atoms with Gasteiger partial charge in [0.05, 0.1) is 27.4 Å². The van der Waals surface area contributed by atoms with Crippen molar-refractivity contribution in [2.45, 2.75) is 20.8 Å². The molecule has 0 bridgehead atoms. The Balaban J connectivity index is 1.77. The van der Waals surface area contributed by atoms with E-state index in [9.17, 15) is 9.90 Å². The average Bonchev–Trinajstić information content (AvgIpc) is 3.08. The molecule has 3 aromatic carbocycles. The lowest BCUT2D eigenvalue weighted by molar-refractivity contribution is -0.113. The zero-order valence-corrected chi connectivity index (χ0v) is 20.9. The summed E-state index contributed by atoms with van der Waals surface area (Å²) >= 11 is 4.68. The van der Waals surface area contributed by atoms with Crippen LogP contribution >= 0.6 is 27.7 Å². The Morgan fingerprint density at radius 2 is 1.70 bits per heavy atom. The van der Waals surface area contributed by atoms with Crippen molar-refractivity contribution >= 4 is 56.2 Å². The number of nitrogens with zero attached hydrogens (tertiary/aromatic N) is 2. The summed E-state index contributed by atoms with van der Waals surface area (Å²) in [7, 11) is 0. The Morgan fingerprint density at radius 1 is 1.06 bits per heavy atom. The molecule has 3 aromatic rings. The summed E-state index contributed by atoms with van der Waals surface area (Å²) in [6.07, 6.45) is 1.79. The molecule has 5 nitrogen and oxygen atoms in total. The van der Waals surface area contributed by atoms with Gasteiger partial charge in [0.1, 0.15) is 0 Å². The van der Waals surface area contributed by atoms with Gasteiger partial charge in [0.25, 0.3) is 5.91 Å². The molecule has 1 N–H and O–H groups in total. The lowest BCUT2D eigenvalue weighted by atomic mass is 10.1. The molecule has 168 valence electrons. The van der Waals surface area contributed by atoms with Crippen LogP contribution in [0.4, 0.5) is 11.4 Å². The number of anilines is 1. The van der Waals surface area contributed by atoms with Crippen molar-refractivity contribution in [2.75, 3.05) is 11.5 Å². The van der Waals surface area contributed by atoms with E-state index in [1.54, 1.807) is 23.1 Å². The summed E-state index contributed by atoms with van der Waals surface area (Å²) in [5.74, 6) is 0.238. The highest BCUT2D eigenvalue weighted by Crippen LogP contribution is 2.40. The molecule has 1 saturated heterocycles. The molecule has 7 heteroatoms. The second-order valence-electron chi connectivity index (χ2n) is 7.60. The molecule has 1 fully saturated rings. The van der Waals surface area contributed by atoms with Gasteiger partial charge in [-0.3, -0.25) is 9.69 Å². The lowest BCUT2D eigenvalue weighted by Crippen LogP contribution is -2.28. The van der Waals surface area contributed by atoms with Crippen LogP contribution in [-0.2, 0) is 4.79 Å². The van der Waals surface area contributed by atoms with E-state index in [1.807, 2.05) is 69.3 Å². The zero-order valence-electron chi connectivity index (χ0n) is 18.5. The average molecular weight is 523 g/mol. The van der Waals surface area contributed by atoms with Gasteiger partial charge in [-0.2, -0.15) is 0 Å². The number of phenolic OH excluding ortho intramolecular Hbond substituents is 1. The quantitative estimate of drug-likeness (QED) is 0.367. The first-order chi connectivity index (χ1) is 15.9. The molecule has 1 aliphatic heterocycles. The molecule has 0 unspecified atom stereocenters. The number of aliphatic imine (C=N–C) groups is 1. The highest BCUT2D eigenvalue weighted by Gasteiger charge is 2.34. The van der Waals surface area contributed by atoms with Crippen LogP contribution in [0.1, 0.15) is 23.6 Å². The molecule has 1 aliphatic rings. The zero-order chi connectivity index (χ0) is 23.5. The van der Waals surface area contributed by atoms with Crippen molar-refractivity contribution < 1.29 is 14.6 Å². The first-order valence-electron chi connectivity index (χ1n) is 10.5. The number of amides is 1. The molecular weight excluding hydrogens is 500 g/mol. The minimum absolute atomic E-state index is 0.0345. The van der Waals surface area contributed by atoms with Gasteiger partial charge in [0, 0.05) is 0 Å². The van der Waals surface area contributed by atoms with Crippen LogP contribution in [0.2, 0.25) is 0 Å². The highest BCUT2D eigenvalue weighted by atomic mass is 79.9. The van der Waals surface area contributed by atoms with Crippen LogP contribution in [0.25, 0.3) is 6.08 Å². The third-order valence-electron chi connectivity index (χ3n) is 5.01. The maximum absolute atomic E-state index is 13.5. The Morgan fingerprint density at radius 3 is 2.33 bits per heavy atom. The number of benzene rings is 3. The van der Waals surface area contributed by atoms with E-state index in [0.29, 0.717) is 26.9 Å². The number of hydrogen-bond donors (Lipinski definition) is 1. The largest absolute Gasteiger partial charge is 0.503 e. The molecule has 4 rings (SSSR count). The SMILES string of the molecule is CCOc1cc(/C=C2\SC(=Nc3ccc(C)cc3)N(c3ccc(C)cc3)C2=O)cc(Br)c1O. The van der Waals surface area contributed by atoms with Gasteiger partial charge in [-0.1, -0.05) is 35.4 Å². The van der Waals surface area contributed by atoms with Gasteiger partial charge < -0.3 is 9.84 Å². The van der Waals surface area contributed by atoms with E-state index >= 15 is 0 Å². The molecule has 1 amide bonds. The third kappa shape index (κ3) is 5.15. The second kappa shape index (κ2) is 9.85. The van der Waals surface area contributed by atoms with Gasteiger partial charge in [-0.05, 0) is 96.5 Å². The van der Waals surface area contributed by atoms with Crippen LogP contribution in [0.3, 0.4) is 0 Å². The highest BCUT2D eigenvalue weighted by molar-refractivity contribution is 9.10. The van der Waals surface area contributed by atoms with Gasteiger partial charge >= 0.3 is 0 Å². The molecule has 1 heterocycles. The minimum Gasteiger partial charge on any atom is -0.503 e. The van der Waals surface area contributed by atoms with Crippen LogP contribution in [0.15, 0.2) is 75.0 Å². The van der Waals surface area contributed by atoms with Gasteiger partial charge in [-0.25, -0.2) is 4.99 Å². The fourth-order valence-electron chi connectivity index (χ4n) is 3.29. The molecule has 0 aliphatic carbocycles. The summed E-state index contributed by atoms with van der Waals surface area (Å²) in [6.45, 7) is 6.30. The van der Waals surface area contributed by atoms with E-state index in [0.717, 1.165) is 28.1 Å². The third-order valence-corrected chi connectivity index (χ3v) is 6.58. The number of hydrogen-bond acceptors (Lipinski definition) is 5. The maximum Gasteiger partial charge on any atom is 0.271 e. The smallest absolute Gasteiger partial charge is 0.271 e. The van der Waals surface area contributed by atoms with Gasteiger partial charge in [0.2, 0.25) is 0 Å². The van der Waals surface area contributed by atoms with Crippen molar-refractivity contribution in [3.05, 3.63) is 86.7 Å². The Bertz CT molecular complexity index is 1250. The Kier molecular flexibility index (Phi) is 6.91. The monoisotopic (exact) mass is 522 g/mol. The predicted octanol–water partition coefficient (Wildman–Crippen LogP) is 6.98. The number of aryl methyl sites for hydroxylation is 2. The van der Waals surface area contributed by atoms with Crippen LogP contribution in [-0.4, -0.2) is 22.8 Å². The molecule has 0 aromatic heterocycles. The molecular formula is C26H23BrN2O3S. The summed E-state index contributed by atoms with van der Waals surface area (Å²) in [6, 6.07) is 19.1. The number of ether oxygens (including phenoxy) is 1. The molecule has 0 spiro atoms. The maximum atomic E-state index is 13.5. The Labute approximate surface area is 205 Å². The van der Waals surface area contributed by atoms with Gasteiger partial charge in [0.15, 0.2) is 16.7 Å². The summed E-state index contributed by atoms with van der Waals surface area (Å²) < 4.78 is 6.03. The van der Waals surface area contributed by atoms with Crippen molar-refractivity contribution in [1.29, 1.82) is 0 Å². The normalized spacial score (nSPS) is 16.1. The summed E-state index contributed by atoms with van der Waals surface area (Å²) in [4.78, 5) is 20.4. The summed E-state index contributed by atoms with van der Waals surface area (Å²) in [5.41, 5.74) is 4.53. The van der Waals surface area contributed by atoms with Crippen molar-refractivity contribution in [2.24, 2.45) is 4.99 Å². The number of aromatic hydroxyl groups is 1. The molecule has 0 radical (unpaired) electrons. The number of carbonyl (C=O) groups is 1. The molecule has 33 heavy (non-hydrogen) atoms. The number of halogens is 1. The molecule has 0 atom stereocenters. The minimum atomic E-state index is -0.156. The lowest BCUT2D eigenvalue weighted by Gasteiger charge is -2.16. The predicted molar refractivity (Wildman–Crippen MR) is 139 cm³/mol. The fourth-order valence-corrected chi connectivity index (χ4v) is 4.75. The number of amidine groups is 1. The van der Waals surface area contributed by atoms with E-state index < -0.39 is 0 Å². The van der Waals surface area contributed by atoms with E-state index in [2.05, 4.69) is 15.9 Å². The van der Waals surface area contributed by atoms with Crippen LogP contribution in [0, 0.1) is 13.8 Å². The van der Waals surface area contributed by atoms with E-state index in [4.69, 9.17) is 9.73 Å². The summed E-state index contributed by atoms with van der Waals surface area (Å²) in [5, 5.41) is 10.8. The van der Waals surface area contributed by atoms with Crippen molar-refractivity contribution in [3.63, 3.8) is 0 Å². The fraction of sp³-hybridized carbons (Fsp3) is 0.154. The topological polar surface area (TPSA) is 62.1 Å². The standard InChI is InChI=1S/C26H23BrN2O3S/c1-4-32-22-14-18(13-21(27)24(22)30)15-23-25(31)29(20-11-7-17(3)8-12-20)26(33-23)28-19-9-5-16(2)6-10-19/h5-15,30H,4H2,1-3H3/b23-15-,28-26?. The van der Waals surface area contributed by atoms with E-state index in [1.165, 1.54) is 11.8 Å². The first-order valence-corrected chi connectivity index (χ1v) is 12.1. The Hall–Kier alpha value is -3.03. The first kappa shape index (κ1) is 23.1.